The van der Waals surface area contributed by atoms with Gasteiger partial charge in [-0.3, -0.25) is 4.79 Å². The molecule has 0 saturated heterocycles. The van der Waals surface area contributed by atoms with E-state index in [9.17, 15) is 4.79 Å². The summed E-state index contributed by atoms with van der Waals surface area (Å²) in [6.45, 7) is 3.75. The smallest absolute Gasteiger partial charge is 0.264 e. The predicted octanol–water partition coefficient (Wildman–Crippen LogP) is 1.51. The van der Waals surface area contributed by atoms with Crippen molar-refractivity contribution in [1.29, 1.82) is 0 Å². The van der Waals surface area contributed by atoms with E-state index in [4.69, 9.17) is 0 Å². The first kappa shape index (κ1) is 13.9. The molecule has 3 aromatic rings. The number of benzene rings is 1. The molecule has 0 unspecified atom stereocenters. The molecular weight excluding hydrogens is 280 g/mol. The van der Waals surface area contributed by atoms with E-state index >= 15 is 0 Å². The quantitative estimate of drug-likeness (QED) is 0.586. The van der Waals surface area contributed by atoms with E-state index in [1.54, 1.807) is 6.21 Å². The fraction of sp³-hybridized carbons (Fsp3) is 0.133. The lowest BCUT2D eigenvalue weighted by atomic mass is 10.2. The highest BCUT2D eigenvalue weighted by molar-refractivity contribution is 5.91. The van der Waals surface area contributed by atoms with Crippen LogP contribution in [0.5, 0.6) is 0 Å². The van der Waals surface area contributed by atoms with Crippen molar-refractivity contribution in [3.63, 3.8) is 0 Å². The van der Waals surface area contributed by atoms with Crippen LogP contribution in [0, 0.1) is 13.8 Å². The second kappa shape index (κ2) is 5.72. The highest BCUT2D eigenvalue weighted by atomic mass is 16.2. The first-order valence-electron chi connectivity index (χ1n) is 6.73. The lowest BCUT2D eigenvalue weighted by molar-refractivity contribution is 0.0945. The average Bonchev–Trinajstić information content (AvgIpc) is 2.92. The minimum atomic E-state index is -0.477. The van der Waals surface area contributed by atoms with E-state index in [1.807, 2.05) is 50.2 Å². The Bertz CT molecular complexity index is 853. The summed E-state index contributed by atoms with van der Waals surface area (Å²) in [7, 11) is 0. The lowest BCUT2D eigenvalue weighted by Gasteiger charge is -1.97. The van der Waals surface area contributed by atoms with Gasteiger partial charge in [-0.25, -0.2) is 14.9 Å². The zero-order valence-corrected chi connectivity index (χ0v) is 12.2. The largest absolute Gasteiger partial charge is 0.311 e. The van der Waals surface area contributed by atoms with Gasteiger partial charge in [0.15, 0.2) is 0 Å². The minimum absolute atomic E-state index is 0.0337. The maximum atomic E-state index is 12.0. The third kappa shape index (κ3) is 2.83. The number of amides is 1. The van der Waals surface area contributed by atoms with Gasteiger partial charge >= 0.3 is 5.91 Å². The van der Waals surface area contributed by atoms with Crippen LogP contribution in [-0.4, -0.2) is 31.7 Å². The first-order chi connectivity index (χ1) is 10.6. The van der Waals surface area contributed by atoms with Crippen molar-refractivity contribution in [3.8, 4) is 0 Å². The van der Waals surface area contributed by atoms with Gasteiger partial charge in [-0.2, -0.15) is 10.1 Å². The van der Waals surface area contributed by atoms with Crippen molar-refractivity contribution < 1.29 is 4.79 Å². The van der Waals surface area contributed by atoms with Gasteiger partial charge in [0.05, 0.1) is 6.21 Å². The van der Waals surface area contributed by atoms with Crippen molar-refractivity contribution in [2.24, 2.45) is 5.10 Å². The maximum absolute atomic E-state index is 12.0. The van der Waals surface area contributed by atoms with Crippen molar-refractivity contribution >= 4 is 17.9 Å². The number of fused-ring (bicyclic) bond motifs is 1. The second-order valence-electron chi connectivity index (χ2n) is 4.80. The van der Waals surface area contributed by atoms with Gasteiger partial charge in [-0.1, -0.05) is 30.3 Å². The number of hydrazone groups is 1. The fourth-order valence-corrected chi connectivity index (χ4v) is 2.02. The van der Waals surface area contributed by atoms with Crippen LogP contribution in [-0.2, 0) is 0 Å². The molecule has 0 fully saturated rings. The summed E-state index contributed by atoms with van der Waals surface area (Å²) >= 11 is 0. The van der Waals surface area contributed by atoms with Crippen LogP contribution in [0.25, 0.3) is 5.78 Å². The molecule has 110 valence electrons. The molecule has 7 heteroatoms. The van der Waals surface area contributed by atoms with Gasteiger partial charge in [0.25, 0.3) is 5.78 Å². The average molecular weight is 294 g/mol. The summed E-state index contributed by atoms with van der Waals surface area (Å²) in [5, 5.41) is 8.03. The van der Waals surface area contributed by atoms with Gasteiger partial charge < -0.3 is 0 Å². The SMILES string of the molecule is Cc1cc(C)n2nc(C(=O)N/N=C\c3ccccc3)nc2n1. The van der Waals surface area contributed by atoms with Crippen LogP contribution >= 0.6 is 0 Å². The summed E-state index contributed by atoms with van der Waals surface area (Å²) in [5.41, 5.74) is 4.98. The number of aryl methyl sites for hydroxylation is 2. The Morgan fingerprint density at radius 3 is 2.77 bits per heavy atom. The van der Waals surface area contributed by atoms with E-state index in [0.29, 0.717) is 5.78 Å². The molecule has 3 rings (SSSR count). The number of hydrogen-bond acceptors (Lipinski definition) is 5. The number of carbonyl (C=O) groups excluding carboxylic acids is 1. The Balaban J connectivity index is 1.78. The van der Waals surface area contributed by atoms with Crippen LogP contribution in [0.4, 0.5) is 0 Å². The minimum Gasteiger partial charge on any atom is -0.264 e. The third-order valence-corrected chi connectivity index (χ3v) is 3.00. The summed E-state index contributed by atoms with van der Waals surface area (Å²) in [5.74, 6) is -0.0455. The van der Waals surface area contributed by atoms with Crippen molar-refractivity contribution in [1.82, 2.24) is 25.0 Å². The van der Waals surface area contributed by atoms with Crippen LogP contribution in [0.15, 0.2) is 41.5 Å². The Morgan fingerprint density at radius 1 is 1.23 bits per heavy atom. The molecular formula is C15H14N6O. The van der Waals surface area contributed by atoms with Crippen molar-refractivity contribution in [3.05, 3.63) is 59.2 Å². The van der Waals surface area contributed by atoms with Crippen molar-refractivity contribution in [2.75, 3.05) is 0 Å². The number of nitrogens with zero attached hydrogens (tertiary/aromatic N) is 5. The van der Waals surface area contributed by atoms with Gasteiger partial charge in [0.1, 0.15) is 0 Å². The molecule has 0 radical (unpaired) electrons. The monoisotopic (exact) mass is 294 g/mol. The van der Waals surface area contributed by atoms with E-state index < -0.39 is 5.91 Å². The maximum Gasteiger partial charge on any atom is 0.311 e. The van der Waals surface area contributed by atoms with E-state index in [-0.39, 0.29) is 5.82 Å². The molecule has 7 nitrogen and oxygen atoms in total. The van der Waals surface area contributed by atoms with E-state index in [1.165, 1.54) is 4.52 Å². The van der Waals surface area contributed by atoms with Gasteiger partial charge in [-0.05, 0) is 25.5 Å². The molecule has 2 aromatic heterocycles. The first-order valence-corrected chi connectivity index (χ1v) is 6.73. The Labute approximate surface area is 126 Å². The predicted molar refractivity (Wildman–Crippen MR) is 81.8 cm³/mol. The summed E-state index contributed by atoms with van der Waals surface area (Å²) in [4.78, 5) is 20.4. The third-order valence-electron chi connectivity index (χ3n) is 3.00. The molecule has 2 heterocycles. The standard InChI is InChI=1S/C15H14N6O/c1-10-8-11(2)21-15(17-10)18-13(20-21)14(22)19-16-9-12-6-4-3-5-7-12/h3-9H,1-2H3,(H,19,22)/b16-9-. The number of aromatic nitrogens is 4. The summed E-state index contributed by atoms with van der Waals surface area (Å²) < 4.78 is 1.53. The Kier molecular flexibility index (Phi) is 3.61. The molecule has 0 aliphatic heterocycles. The van der Waals surface area contributed by atoms with Gasteiger partial charge in [-0.15, -0.1) is 5.10 Å². The number of rotatable bonds is 3. The number of carbonyl (C=O) groups is 1. The molecule has 0 saturated carbocycles. The van der Waals surface area contributed by atoms with Gasteiger partial charge in [0, 0.05) is 11.4 Å². The molecule has 1 amide bonds. The number of nitrogens with one attached hydrogen (secondary N) is 1. The van der Waals surface area contributed by atoms with Crippen molar-refractivity contribution in [2.45, 2.75) is 13.8 Å². The van der Waals surface area contributed by atoms with E-state index in [2.05, 4.69) is 25.6 Å². The zero-order valence-electron chi connectivity index (χ0n) is 12.2. The molecule has 0 aliphatic rings. The highest BCUT2D eigenvalue weighted by Gasteiger charge is 2.14. The molecule has 0 spiro atoms. The summed E-state index contributed by atoms with van der Waals surface area (Å²) in [6.07, 6.45) is 1.56. The van der Waals surface area contributed by atoms with Crippen LogP contribution < -0.4 is 5.43 Å². The van der Waals surface area contributed by atoms with Crippen LogP contribution in [0.2, 0.25) is 0 Å². The Morgan fingerprint density at radius 2 is 2.00 bits per heavy atom. The van der Waals surface area contributed by atoms with Crippen LogP contribution in [0.3, 0.4) is 0 Å². The van der Waals surface area contributed by atoms with Gasteiger partial charge in [0.2, 0.25) is 5.82 Å². The second-order valence-corrected chi connectivity index (χ2v) is 4.80. The molecule has 0 aliphatic carbocycles. The molecule has 0 atom stereocenters. The topological polar surface area (TPSA) is 84.5 Å². The van der Waals surface area contributed by atoms with Crippen LogP contribution in [0.1, 0.15) is 27.6 Å². The molecule has 1 N–H and O–H groups in total. The summed E-state index contributed by atoms with van der Waals surface area (Å²) in [6, 6.07) is 11.3. The highest BCUT2D eigenvalue weighted by Crippen LogP contribution is 2.05. The zero-order chi connectivity index (χ0) is 15.5. The molecule has 1 aromatic carbocycles. The Hall–Kier alpha value is -3.09. The normalized spacial score (nSPS) is 11.2. The molecule has 22 heavy (non-hydrogen) atoms. The molecule has 0 bridgehead atoms. The lowest BCUT2D eigenvalue weighted by Crippen LogP contribution is -2.19. The number of hydrogen-bond donors (Lipinski definition) is 1. The van der Waals surface area contributed by atoms with E-state index in [0.717, 1.165) is 17.0 Å². The fourth-order valence-electron chi connectivity index (χ4n) is 2.02.